The molecular formula is C16H34N2O. The Morgan fingerprint density at radius 3 is 2.47 bits per heavy atom. The van der Waals surface area contributed by atoms with E-state index in [4.69, 9.17) is 0 Å². The van der Waals surface area contributed by atoms with Gasteiger partial charge in [-0.3, -0.25) is 4.90 Å². The first-order valence-corrected chi connectivity index (χ1v) is 8.12. The molecule has 0 spiro atoms. The van der Waals surface area contributed by atoms with Crippen LogP contribution in [0.25, 0.3) is 0 Å². The first kappa shape index (κ1) is 16.9. The molecule has 0 aromatic carbocycles. The summed E-state index contributed by atoms with van der Waals surface area (Å²) < 4.78 is 0. The zero-order valence-electron chi connectivity index (χ0n) is 13.6. The quantitative estimate of drug-likeness (QED) is 0.747. The van der Waals surface area contributed by atoms with Crippen molar-refractivity contribution in [3.8, 4) is 0 Å². The molecule has 0 aromatic rings. The van der Waals surface area contributed by atoms with Crippen LogP contribution in [0.2, 0.25) is 0 Å². The summed E-state index contributed by atoms with van der Waals surface area (Å²) in [6, 6.07) is 1.69. The van der Waals surface area contributed by atoms with E-state index in [1.165, 1.54) is 19.3 Å². The van der Waals surface area contributed by atoms with Gasteiger partial charge in [0.1, 0.15) is 0 Å². The third-order valence-electron chi connectivity index (χ3n) is 4.71. The van der Waals surface area contributed by atoms with E-state index < -0.39 is 0 Å². The highest BCUT2D eigenvalue weighted by Crippen LogP contribution is 2.32. The molecule has 3 heteroatoms. The Morgan fingerprint density at radius 1 is 1.32 bits per heavy atom. The highest BCUT2D eigenvalue weighted by atomic mass is 16.3. The van der Waals surface area contributed by atoms with Crippen LogP contribution in [0.3, 0.4) is 0 Å². The lowest BCUT2D eigenvalue weighted by molar-refractivity contribution is 0.0397. The van der Waals surface area contributed by atoms with Crippen molar-refractivity contribution in [3.05, 3.63) is 0 Å². The number of aliphatic hydroxyl groups is 1. The van der Waals surface area contributed by atoms with Crippen LogP contribution in [0.5, 0.6) is 0 Å². The minimum absolute atomic E-state index is 0.0576. The summed E-state index contributed by atoms with van der Waals surface area (Å²) in [5, 5.41) is 13.5. The molecule has 0 aromatic heterocycles. The van der Waals surface area contributed by atoms with Gasteiger partial charge in [0, 0.05) is 23.7 Å². The molecule has 114 valence electrons. The fraction of sp³-hybridized carbons (Fsp3) is 1.00. The van der Waals surface area contributed by atoms with Crippen LogP contribution in [0.1, 0.15) is 66.7 Å². The number of nitrogens with one attached hydrogen (secondary N) is 1. The maximum absolute atomic E-state index is 9.88. The van der Waals surface area contributed by atoms with Crippen molar-refractivity contribution in [3.63, 3.8) is 0 Å². The number of nitrogens with zero attached hydrogens (tertiary/aromatic N) is 1. The van der Waals surface area contributed by atoms with Crippen molar-refractivity contribution in [2.75, 3.05) is 13.2 Å². The van der Waals surface area contributed by atoms with Crippen LogP contribution >= 0.6 is 0 Å². The van der Waals surface area contributed by atoms with Crippen LogP contribution in [0.15, 0.2) is 0 Å². The van der Waals surface area contributed by atoms with E-state index in [1.54, 1.807) is 0 Å². The molecular weight excluding hydrogens is 236 g/mol. The lowest BCUT2D eigenvalue weighted by Gasteiger charge is -2.46. The fourth-order valence-corrected chi connectivity index (χ4v) is 3.71. The average molecular weight is 270 g/mol. The zero-order chi connectivity index (χ0) is 14.5. The number of hydrogen-bond donors (Lipinski definition) is 2. The number of rotatable bonds is 7. The maximum atomic E-state index is 9.88. The van der Waals surface area contributed by atoms with Gasteiger partial charge in [0.15, 0.2) is 0 Å². The van der Waals surface area contributed by atoms with Crippen LogP contribution in [-0.2, 0) is 0 Å². The van der Waals surface area contributed by atoms with E-state index in [9.17, 15) is 5.11 Å². The topological polar surface area (TPSA) is 35.5 Å². The van der Waals surface area contributed by atoms with Crippen molar-refractivity contribution in [2.24, 2.45) is 0 Å². The van der Waals surface area contributed by atoms with Crippen LogP contribution in [0.4, 0.5) is 0 Å². The molecule has 3 unspecified atom stereocenters. The summed E-state index contributed by atoms with van der Waals surface area (Å²) in [4.78, 5) is 2.63. The van der Waals surface area contributed by atoms with Crippen molar-refractivity contribution in [2.45, 2.75) is 90.4 Å². The summed E-state index contributed by atoms with van der Waals surface area (Å²) in [5.74, 6) is 0. The second-order valence-electron chi connectivity index (χ2n) is 6.58. The minimum Gasteiger partial charge on any atom is -0.394 e. The molecule has 1 fully saturated rings. The Kier molecular flexibility index (Phi) is 6.78. The minimum atomic E-state index is -0.0576. The Labute approximate surface area is 119 Å². The van der Waals surface area contributed by atoms with Crippen molar-refractivity contribution < 1.29 is 5.11 Å². The van der Waals surface area contributed by atoms with Crippen LogP contribution in [-0.4, -0.2) is 46.8 Å². The fourth-order valence-electron chi connectivity index (χ4n) is 3.71. The van der Waals surface area contributed by atoms with Crippen molar-refractivity contribution in [1.82, 2.24) is 10.2 Å². The Hall–Kier alpha value is -0.120. The molecule has 3 atom stereocenters. The van der Waals surface area contributed by atoms with Gasteiger partial charge in [-0.05, 0) is 45.6 Å². The number of hydrogen-bond acceptors (Lipinski definition) is 3. The Morgan fingerprint density at radius 2 is 2.00 bits per heavy atom. The van der Waals surface area contributed by atoms with Crippen molar-refractivity contribution in [1.29, 1.82) is 0 Å². The normalized spacial score (nSPS) is 30.0. The standard InChI is InChI=1S/C16H34N2O/c1-6-14(5)18(7-2)15-9-8-10-16(11-15,12-19)17-13(3)4/h13-15,17,19H,6-12H2,1-5H3. The highest BCUT2D eigenvalue weighted by molar-refractivity contribution is 4.97. The van der Waals surface area contributed by atoms with E-state index in [0.717, 1.165) is 19.4 Å². The number of aliphatic hydroxyl groups excluding tert-OH is 1. The van der Waals surface area contributed by atoms with Gasteiger partial charge in [-0.1, -0.05) is 27.7 Å². The zero-order valence-corrected chi connectivity index (χ0v) is 13.6. The van der Waals surface area contributed by atoms with E-state index in [-0.39, 0.29) is 12.1 Å². The molecule has 3 nitrogen and oxygen atoms in total. The first-order chi connectivity index (χ1) is 8.98. The SMILES string of the molecule is CCC(C)N(CC)C1CCCC(CO)(NC(C)C)C1. The van der Waals surface area contributed by atoms with E-state index in [1.807, 2.05) is 0 Å². The first-order valence-electron chi connectivity index (χ1n) is 8.12. The molecule has 1 aliphatic carbocycles. The van der Waals surface area contributed by atoms with E-state index in [2.05, 4.69) is 44.8 Å². The van der Waals surface area contributed by atoms with Crippen LogP contribution < -0.4 is 5.32 Å². The highest BCUT2D eigenvalue weighted by Gasteiger charge is 2.38. The second-order valence-corrected chi connectivity index (χ2v) is 6.58. The van der Waals surface area contributed by atoms with Gasteiger partial charge in [0.25, 0.3) is 0 Å². The van der Waals surface area contributed by atoms with Crippen LogP contribution in [0, 0.1) is 0 Å². The lowest BCUT2D eigenvalue weighted by atomic mass is 9.78. The predicted octanol–water partition coefficient (Wildman–Crippen LogP) is 2.78. The lowest BCUT2D eigenvalue weighted by Crippen LogP contribution is -2.58. The summed E-state index contributed by atoms with van der Waals surface area (Å²) >= 11 is 0. The molecule has 1 saturated carbocycles. The van der Waals surface area contributed by atoms with Gasteiger partial charge < -0.3 is 10.4 Å². The van der Waals surface area contributed by atoms with Gasteiger partial charge in [-0.25, -0.2) is 0 Å². The Bertz CT molecular complexity index is 257. The van der Waals surface area contributed by atoms with Gasteiger partial charge in [-0.2, -0.15) is 0 Å². The molecule has 0 saturated heterocycles. The van der Waals surface area contributed by atoms with E-state index in [0.29, 0.717) is 18.1 Å². The summed E-state index contributed by atoms with van der Waals surface area (Å²) in [7, 11) is 0. The third kappa shape index (κ3) is 4.44. The third-order valence-corrected chi connectivity index (χ3v) is 4.71. The summed E-state index contributed by atoms with van der Waals surface area (Å²) in [6.45, 7) is 12.6. The molecule has 0 amide bonds. The second kappa shape index (κ2) is 7.61. The molecule has 0 radical (unpaired) electrons. The predicted molar refractivity (Wildman–Crippen MR) is 82.5 cm³/mol. The summed E-state index contributed by atoms with van der Waals surface area (Å²) in [5.41, 5.74) is -0.0576. The average Bonchev–Trinajstić information content (AvgIpc) is 2.39. The molecule has 1 aliphatic rings. The largest absolute Gasteiger partial charge is 0.394 e. The summed E-state index contributed by atoms with van der Waals surface area (Å²) in [6.07, 6.45) is 5.89. The molecule has 19 heavy (non-hydrogen) atoms. The molecule has 0 bridgehead atoms. The van der Waals surface area contributed by atoms with E-state index >= 15 is 0 Å². The van der Waals surface area contributed by atoms with Gasteiger partial charge in [-0.15, -0.1) is 0 Å². The monoisotopic (exact) mass is 270 g/mol. The maximum Gasteiger partial charge on any atom is 0.0613 e. The molecule has 1 rings (SSSR count). The molecule has 0 aliphatic heterocycles. The Balaban J connectivity index is 2.75. The smallest absolute Gasteiger partial charge is 0.0613 e. The molecule has 2 N–H and O–H groups in total. The van der Waals surface area contributed by atoms with Crippen molar-refractivity contribution >= 4 is 0 Å². The van der Waals surface area contributed by atoms with Gasteiger partial charge in [0.2, 0.25) is 0 Å². The van der Waals surface area contributed by atoms with Gasteiger partial charge in [0.05, 0.1) is 6.61 Å². The van der Waals surface area contributed by atoms with Gasteiger partial charge >= 0.3 is 0 Å². The molecule has 0 heterocycles.